The molecular weight excluding hydrogens is 220 g/mol. The molecule has 12 heavy (non-hydrogen) atoms. The minimum absolute atomic E-state index is 0.0419. The van der Waals surface area contributed by atoms with E-state index in [0.717, 1.165) is 10.2 Å². The SMILES string of the molecule is CC(=O)NCc1ccc(Br)cn1. The first-order valence-corrected chi connectivity index (χ1v) is 4.32. The lowest BCUT2D eigenvalue weighted by molar-refractivity contribution is -0.119. The highest BCUT2D eigenvalue weighted by Gasteiger charge is 1.94. The molecule has 0 atom stereocenters. The van der Waals surface area contributed by atoms with Gasteiger partial charge in [0.25, 0.3) is 0 Å². The van der Waals surface area contributed by atoms with E-state index in [1.54, 1.807) is 6.20 Å². The molecular formula is C8H9BrN2O. The fourth-order valence-corrected chi connectivity index (χ4v) is 0.961. The number of nitrogens with zero attached hydrogens (tertiary/aromatic N) is 1. The van der Waals surface area contributed by atoms with Crippen molar-refractivity contribution in [1.82, 2.24) is 10.3 Å². The molecule has 1 aromatic rings. The fraction of sp³-hybridized carbons (Fsp3) is 0.250. The molecule has 1 amide bonds. The monoisotopic (exact) mass is 228 g/mol. The Bertz CT molecular complexity index is 271. The number of carbonyl (C=O) groups is 1. The molecule has 0 aromatic carbocycles. The van der Waals surface area contributed by atoms with E-state index in [9.17, 15) is 4.79 Å². The van der Waals surface area contributed by atoms with E-state index in [2.05, 4.69) is 26.2 Å². The number of amides is 1. The van der Waals surface area contributed by atoms with Gasteiger partial charge in [0.15, 0.2) is 0 Å². The molecule has 0 fully saturated rings. The number of nitrogens with one attached hydrogen (secondary N) is 1. The van der Waals surface area contributed by atoms with Crippen LogP contribution in [-0.2, 0) is 11.3 Å². The van der Waals surface area contributed by atoms with Gasteiger partial charge >= 0.3 is 0 Å². The van der Waals surface area contributed by atoms with Gasteiger partial charge in [-0.2, -0.15) is 0 Å². The first kappa shape index (κ1) is 9.19. The maximum absolute atomic E-state index is 10.5. The third-order valence-electron chi connectivity index (χ3n) is 1.31. The van der Waals surface area contributed by atoms with Crippen LogP contribution in [0.15, 0.2) is 22.8 Å². The first-order valence-electron chi connectivity index (χ1n) is 3.53. The van der Waals surface area contributed by atoms with E-state index >= 15 is 0 Å². The molecule has 4 heteroatoms. The second-order valence-corrected chi connectivity index (χ2v) is 3.29. The van der Waals surface area contributed by atoms with E-state index in [1.807, 2.05) is 12.1 Å². The van der Waals surface area contributed by atoms with Crippen molar-refractivity contribution in [2.75, 3.05) is 0 Å². The second-order valence-electron chi connectivity index (χ2n) is 2.38. The summed E-state index contributed by atoms with van der Waals surface area (Å²) in [5.41, 5.74) is 0.855. The van der Waals surface area contributed by atoms with E-state index in [-0.39, 0.29) is 5.91 Å². The third-order valence-corrected chi connectivity index (χ3v) is 1.78. The molecule has 64 valence electrons. The Morgan fingerprint density at radius 1 is 1.67 bits per heavy atom. The highest BCUT2D eigenvalue weighted by Crippen LogP contribution is 2.06. The topological polar surface area (TPSA) is 42.0 Å². The van der Waals surface area contributed by atoms with Crippen molar-refractivity contribution in [2.24, 2.45) is 0 Å². The lowest BCUT2D eigenvalue weighted by Crippen LogP contribution is -2.19. The molecule has 0 saturated carbocycles. The zero-order valence-electron chi connectivity index (χ0n) is 6.67. The van der Waals surface area contributed by atoms with Crippen LogP contribution in [0.4, 0.5) is 0 Å². The van der Waals surface area contributed by atoms with Gasteiger partial charge in [-0.3, -0.25) is 9.78 Å². The molecule has 0 unspecified atom stereocenters. The molecule has 1 rings (SSSR count). The molecule has 0 spiro atoms. The maximum atomic E-state index is 10.5. The van der Waals surface area contributed by atoms with Crippen LogP contribution in [0, 0.1) is 0 Å². The summed E-state index contributed by atoms with van der Waals surface area (Å²) < 4.78 is 0.939. The molecule has 1 aromatic heterocycles. The summed E-state index contributed by atoms with van der Waals surface area (Å²) in [5, 5.41) is 2.66. The molecule has 0 saturated heterocycles. The van der Waals surface area contributed by atoms with Gasteiger partial charge in [-0.15, -0.1) is 0 Å². The van der Waals surface area contributed by atoms with Crippen LogP contribution in [0.2, 0.25) is 0 Å². The van der Waals surface area contributed by atoms with Crippen molar-refractivity contribution in [3.05, 3.63) is 28.5 Å². The predicted molar refractivity (Wildman–Crippen MR) is 49.5 cm³/mol. The minimum atomic E-state index is -0.0419. The largest absolute Gasteiger partial charge is 0.351 e. The summed E-state index contributed by atoms with van der Waals surface area (Å²) in [6.45, 7) is 1.97. The predicted octanol–water partition coefficient (Wildman–Crippen LogP) is 1.48. The standard InChI is InChI=1S/C8H9BrN2O/c1-6(12)10-5-8-3-2-7(9)4-11-8/h2-4H,5H2,1H3,(H,10,12). The summed E-state index contributed by atoms with van der Waals surface area (Å²) in [6.07, 6.45) is 1.71. The molecule has 0 aliphatic heterocycles. The van der Waals surface area contributed by atoms with Crippen molar-refractivity contribution in [1.29, 1.82) is 0 Å². The average molecular weight is 229 g/mol. The summed E-state index contributed by atoms with van der Waals surface area (Å²) in [7, 11) is 0. The number of rotatable bonds is 2. The quantitative estimate of drug-likeness (QED) is 0.834. The molecule has 0 bridgehead atoms. The van der Waals surface area contributed by atoms with Crippen LogP contribution < -0.4 is 5.32 Å². The van der Waals surface area contributed by atoms with Crippen LogP contribution in [0.25, 0.3) is 0 Å². The number of halogens is 1. The Balaban J connectivity index is 2.53. The van der Waals surface area contributed by atoms with Crippen molar-refractivity contribution in [3.63, 3.8) is 0 Å². The maximum Gasteiger partial charge on any atom is 0.217 e. The molecule has 0 aliphatic rings. The Morgan fingerprint density at radius 3 is 2.92 bits per heavy atom. The van der Waals surface area contributed by atoms with Crippen LogP contribution in [0.1, 0.15) is 12.6 Å². The lowest BCUT2D eigenvalue weighted by Gasteiger charge is -2.00. The van der Waals surface area contributed by atoms with Crippen LogP contribution >= 0.6 is 15.9 Å². The molecule has 1 heterocycles. The van der Waals surface area contributed by atoms with Gasteiger partial charge in [-0.1, -0.05) is 0 Å². The number of aromatic nitrogens is 1. The van der Waals surface area contributed by atoms with E-state index in [1.165, 1.54) is 6.92 Å². The van der Waals surface area contributed by atoms with Gasteiger partial charge in [0.2, 0.25) is 5.91 Å². The van der Waals surface area contributed by atoms with Crippen LogP contribution in [0.5, 0.6) is 0 Å². The van der Waals surface area contributed by atoms with Crippen molar-refractivity contribution < 1.29 is 4.79 Å². The fourth-order valence-electron chi connectivity index (χ4n) is 0.726. The van der Waals surface area contributed by atoms with E-state index < -0.39 is 0 Å². The second kappa shape index (κ2) is 4.21. The molecule has 1 N–H and O–H groups in total. The number of pyridine rings is 1. The average Bonchev–Trinajstić information content (AvgIpc) is 2.03. The van der Waals surface area contributed by atoms with E-state index in [0.29, 0.717) is 6.54 Å². The molecule has 0 aliphatic carbocycles. The van der Waals surface area contributed by atoms with Gasteiger partial charge in [-0.05, 0) is 28.1 Å². The summed E-state index contributed by atoms with van der Waals surface area (Å²) in [5.74, 6) is -0.0419. The van der Waals surface area contributed by atoms with Crippen molar-refractivity contribution >= 4 is 21.8 Å². The number of hydrogen-bond donors (Lipinski definition) is 1. The Labute approximate surface area is 79.3 Å². The number of hydrogen-bond acceptors (Lipinski definition) is 2. The smallest absolute Gasteiger partial charge is 0.217 e. The third kappa shape index (κ3) is 3.00. The zero-order chi connectivity index (χ0) is 8.97. The summed E-state index contributed by atoms with van der Waals surface area (Å²) >= 11 is 3.28. The zero-order valence-corrected chi connectivity index (χ0v) is 8.26. The Hall–Kier alpha value is -0.900. The Kier molecular flexibility index (Phi) is 3.22. The lowest BCUT2D eigenvalue weighted by atomic mass is 10.3. The molecule has 0 radical (unpaired) electrons. The Morgan fingerprint density at radius 2 is 2.42 bits per heavy atom. The number of carbonyl (C=O) groups excluding carboxylic acids is 1. The van der Waals surface area contributed by atoms with Gasteiger partial charge in [-0.25, -0.2) is 0 Å². The van der Waals surface area contributed by atoms with Crippen LogP contribution in [0.3, 0.4) is 0 Å². The highest BCUT2D eigenvalue weighted by molar-refractivity contribution is 9.10. The van der Waals surface area contributed by atoms with Gasteiger partial charge in [0, 0.05) is 17.6 Å². The first-order chi connectivity index (χ1) is 5.68. The summed E-state index contributed by atoms with van der Waals surface area (Å²) in [6, 6.07) is 3.75. The highest BCUT2D eigenvalue weighted by atomic mass is 79.9. The van der Waals surface area contributed by atoms with Gasteiger partial charge in [0.05, 0.1) is 12.2 Å². The van der Waals surface area contributed by atoms with Gasteiger partial charge < -0.3 is 5.32 Å². The normalized spacial score (nSPS) is 9.50. The summed E-state index contributed by atoms with van der Waals surface area (Å²) in [4.78, 5) is 14.6. The van der Waals surface area contributed by atoms with Gasteiger partial charge in [0.1, 0.15) is 0 Å². The van der Waals surface area contributed by atoms with E-state index in [4.69, 9.17) is 0 Å². The molecule has 3 nitrogen and oxygen atoms in total. The minimum Gasteiger partial charge on any atom is -0.351 e. The van der Waals surface area contributed by atoms with Crippen LogP contribution in [-0.4, -0.2) is 10.9 Å². The van der Waals surface area contributed by atoms with Crippen molar-refractivity contribution in [3.8, 4) is 0 Å². The van der Waals surface area contributed by atoms with Crippen molar-refractivity contribution in [2.45, 2.75) is 13.5 Å².